The monoisotopic (exact) mass is 183 g/mol. The highest BCUT2D eigenvalue weighted by molar-refractivity contribution is 4.95. The van der Waals surface area contributed by atoms with Crippen molar-refractivity contribution in [1.29, 1.82) is 0 Å². The predicted molar refractivity (Wildman–Crippen MR) is 55.7 cm³/mol. The van der Waals surface area contributed by atoms with E-state index in [1.165, 1.54) is 5.57 Å². The molecule has 0 aromatic rings. The first-order valence-electron chi connectivity index (χ1n) is 5.13. The van der Waals surface area contributed by atoms with Crippen LogP contribution in [0, 0.1) is 5.92 Å². The van der Waals surface area contributed by atoms with Crippen molar-refractivity contribution in [2.75, 3.05) is 19.6 Å². The van der Waals surface area contributed by atoms with E-state index in [2.05, 4.69) is 31.7 Å². The Labute approximate surface area is 81.2 Å². The molecule has 0 aliphatic carbocycles. The summed E-state index contributed by atoms with van der Waals surface area (Å²) >= 11 is 0. The molecule has 0 aromatic heterocycles. The molecule has 0 saturated carbocycles. The Morgan fingerprint density at radius 3 is 2.77 bits per heavy atom. The van der Waals surface area contributed by atoms with E-state index in [-0.39, 0.29) is 6.10 Å². The molecule has 2 atom stereocenters. The van der Waals surface area contributed by atoms with E-state index >= 15 is 0 Å². The highest BCUT2D eigenvalue weighted by Gasteiger charge is 2.22. The second-order valence-electron chi connectivity index (χ2n) is 4.37. The zero-order valence-electron chi connectivity index (χ0n) is 8.95. The number of likely N-dealkylation sites (tertiary alicyclic amines) is 1. The fraction of sp³-hybridized carbons (Fsp3) is 0.818. The molecule has 0 bridgehead atoms. The SMILES string of the molecule is CC(C)=CCN1CCC(O)C(C)C1. The number of aliphatic hydroxyl groups excluding tert-OH is 1. The van der Waals surface area contributed by atoms with Crippen LogP contribution in [0.3, 0.4) is 0 Å². The van der Waals surface area contributed by atoms with E-state index in [1.54, 1.807) is 0 Å². The third-order valence-corrected chi connectivity index (χ3v) is 2.70. The Morgan fingerprint density at radius 1 is 1.54 bits per heavy atom. The fourth-order valence-corrected chi connectivity index (χ4v) is 1.70. The number of rotatable bonds is 2. The predicted octanol–water partition coefficient (Wildman–Crippen LogP) is 1.66. The molecule has 2 nitrogen and oxygen atoms in total. The number of piperidine rings is 1. The average Bonchev–Trinajstić information content (AvgIpc) is 2.07. The summed E-state index contributed by atoms with van der Waals surface area (Å²) in [7, 11) is 0. The molecule has 0 radical (unpaired) electrons. The summed E-state index contributed by atoms with van der Waals surface area (Å²) < 4.78 is 0. The Morgan fingerprint density at radius 2 is 2.23 bits per heavy atom. The van der Waals surface area contributed by atoms with Crippen LogP contribution in [0.25, 0.3) is 0 Å². The lowest BCUT2D eigenvalue weighted by Crippen LogP contribution is -2.41. The van der Waals surface area contributed by atoms with Gasteiger partial charge >= 0.3 is 0 Å². The molecular weight excluding hydrogens is 162 g/mol. The van der Waals surface area contributed by atoms with Gasteiger partial charge in [-0.1, -0.05) is 18.6 Å². The summed E-state index contributed by atoms with van der Waals surface area (Å²) in [5, 5.41) is 9.53. The number of hydrogen-bond donors (Lipinski definition) is 1. The van der Waals surface area contributed by atoms with Gasteiger partial charge in [0.1, 0.15) is 0 Å². The first kappa shape index (κ1) is 10.7. The molecule has 1 fully saturated rings. The molecular formula is C11H21NO. The van der Waals surface area contributed by atoms with Gasteiger partial charge in [-0.2, -0.15) is 0 Å². The topological polar surface area (TPSA) is 23.5 Å². The highest BCUT2D eigenvalue weighted by Crippen LogP contribution is 2.16. The average molecular weight is 183 g/mol. The van der Waals surface area contributed by atoms with Gasteiger partial charge in [0.25, 0.3) is 0 Å². The first-order chi connectivity index (χ1) is 6.09. The second kappa shape index (κ2) is 4.77. The molecule has 2 heteroatoms. The van der Waals surface area contributed by atoms with Crippen LogP contribution >= 0.6 is 0 Å². The van der Waals surface area contributed by atoms with Gasteiger partial charge in [-0.25, -0.2) is 0 Å². The molecule has 0 spiro atoms. The molecule has 1 heterocycles. The molecule has 1 aliphatic rings. The molecule has 76 valence electrons. The largest absolute Gasteiger partial charge is 0.393 e. The van der Waals surface area contributed by atoms with Crippen LogP contribution in [0.4, 0.5) is 0 Å². The van der Waals surface area contributed by atoms with Crippen molar-refractivity contribution in [2.45, 2.75) is 33.3 Å². The standard InChI is InChI=1S/C11H21NO/c1-9(2)4-6-12-7-5-11(13)10(3)8-12/h4,10-11,13H,5-8H2,1-3H3. The van der Waals surface area contributed by atoms with Gasteiger partial charge in [0.2, 0.25) is 0 Å². The van der Waals surface area contributed by atoms with Crippen molar-refractivity contribution in [3.05, 3.63) is 11.6 Å². The maximum atomic E-state index is 9.53. The van der Waals surface area contributed by atoms with Crippen LogP contribution in [-0.2, 0) is 0 Å². The molecule has 13 heavy (non-hydrogen) atoms. The van der Waals surface area contributed by atoms with Crippen molar-refractivity contribution in [2.24, 2.45) is 5.92 Å². The Kier molecular flexibility index (Phi) is 3.94. The molecule has 0 aromatic carbocycles. The maximum Gasteiger partial charge on any atom is 0.0590 e. The molecule has 2 unspecified atom stereocenters. The summed E-state index contributed by atoms with van der Waals surface area (Å²) in [6.45, 7) is 9.49. The zero-order chi connectivity index (χ0) is 9.84. The van der Waals surface area contributed by atoms with Crippen LogP contribution in [0.1, 0.15) is 27.2 Å². The van der Waals surface area contributed by atoms with Crippen molar-refractivity contribution >= 4 is 0 Å². The van der Waals surface area contributed by atoms with Gasteiger partial charge in [-0.3, -0.25) is 4.90 Å². The molecule has 1 N–H and O–H groups in total. The lowest BCUT2D eigenvalue weighted by Gasteiger charge is -2.33. The summed E-state index contributed by atoms with van der Waals surface area (Å²) in [6, 6.07) is 0. The summed E-state index contributed by atoms with van der Waals surface area (Å²) in [5.41, 5.74) is 1.37. The second-order valence-corrected chi connectivity index (χ2v) is 4.37. The normalized spacial score (nSPS) is 30.2. The van der Waals surface area contributed by atoms with E-state index in [1.807, 2.05) is 0 Å². The van der Waals surface area contributed by atoms with Gasteiger partial charge in [0.15, 0.2) is 0 Å². The minimum absolute atomic E-state index is 0.0806. The van der Waals surface area contributed by atoms with E-state index < -0.39 is 0 Å². The lowest BCUT2D eigenvalue weighted by atomic mass is 9.97. The van der Waals surface area contributed by atoms with E-state index in [0.717, 1.165) is 26.1 Å². The third-order valence-electron chi connectivity index (χ3n) is 2.70. The highest BCUT2D eigenvalue weighted by atomic mass is 16.3. The van der Waals surface area contributed by atoms with Crippen molar-refractivity contribution in [1.82, 2.24) is 4.90 Å². The minimum atomic E-state index is -0.0806. The lowest BCUT2D eigenvalue weighted by molar-refractivity contribution is 0.0396. The van der Waals surface area contributed by atoms with Crippen molar-refractivity contribution < 1.29 is 5.11 Å². The summed E-state index contributed by atoms with van der Waals surface area (Å²) in [6.07, 6.45) is 3.10. The molecule has 0 amide bonds. The smallest absolute Gasteiger partial charge is 0.0590 e. The third kappa shape index (κ3) is 3.49. The first-order valence-corrected chi connectivity index (χ1v) is 5.13. The maximum absolute atomic E-state index is 9.53. The van der Waals surface area contributed by atoms with Gasteiger partial charge in [-0.05, 0) is 26.2 Å². The summed E-state index contributed by atoms with van der Waals surface area (Å²) in [4.78, 5) is 2.41. The van der Waals surface area contributed by atoms with Crippen LogP contribution in [-0.4, -0.2) is 35.7 Å². The number of nitrogens with zero attached hydrogens (tertiary/aromatic N) is 1. The van der Waals surface area contributed by atoms with E-state index in [9.17, 15) is 5.11 Å². The van der Waals surface area contributed by atoms with E-state index in [0.29, 0.717) is 5.92 Å². The van der Waals surface area contributed by atoms with Gasteiger partial charge in [0.05, 0.1) is 6.10 Å². The number of allylic oxidation sites excluding steroid dienone is 1. The van der Waals surface area contributed by atoms with Gasteiger partial charge < -0.3 is 5.11 Å². The molecule has 1 saturated heterocycles. The van der Waals surface area contributed by atoms with E-state index in [4.69, 9.17) is 0 Å². The quantitative estimate of drug-likeness (QED) is 0.658. The van der Waals surface area contributed by atoms with Crippen LogP contribution < -0.4 is 0 Å². The number of aliphatic hydroxyl groups is 1. The Balaban J connectivity index is 2.33. The van der Waals surface area contributed by atoms with Gasteiger partial charge in [0, 0.05) is 19.6 Å². The van der Waals surface area contributed by atoms with Crippen molar-refractivity contribution in [3.63, 3.8) is 0 Å². The fourth-order valence-electron chi connectivity index (χ4n) is 1.70. The Bertz CT molecular complexity index is 185. The minimum Gasteiger partial charge on any atom is -0.393 e. The van der Waals surface area contributed by atoms with Crippen LogP contribution in [0.5, 0.6) is 0 Å². The van der Waals surface area contributed by atoms with Crippen LogP contribution in [0.2, 0.25) is 0 Å². The van der Waals surface area contributed by atoms with Crippen LogP contribution in [0.15, 0.2) is 11.6 Å². The molecule has 1 rings (SSSR count). The zero-order valence-corrected chi connectivity index (χ0v) is 8.95. The molecule has 1 aliphatic heterocycles. The summed E-state index contributed by atoms with van der Waals surface area (Å²) in [5.74, 6) is 0.430. The number of hydrogen-bond acceptors (Lipinski definition) is 2. The Hall–Kier alpha value is -0.340. The van der Waals surface area contributed by atoms with Gasteiger partial charge in [-0.15, -0.1) is 0 Å². The van der Waals surface area contributed by atoms with Crippen molar-refractivity contribution in [3.8, 4) is 0 Å².